The maximum Gasteiger partial charge on any atom is 0.322 e. The third-order valence-corrected chi connectivity index (χ3v) is 2.61. The Kier molecular flexibility index (Phi) is 4.29. The van der Waals surface area contributed by atoms with Gasteiger partial charge in [0.15, 0.2) is 0 Å². The molecule has 2 aromatic heterocycles. The first kappa shape index (κ1) is 14.0. The van der Waals surface area contributed by atoms with E-state index in [1.807, 2.05) is 13.8 Å². The average Bonchev–Trinajstić information content (AvgIpc) is 2.84. The van der Waals surface area contributed by atoms with Gasteiger partial charge in [0, 0.05) is 24.7 Å². The van der Waals surface area contributed by atoms with Gasteiger partial charge in [-0.3, -0.25) is 10.1 Å². The molecule has 0 aliphatic carbocycles. The quantitative estimate of drug-likeness (QED) is 0.867. The Labute approximate surface area is 116 Å². The first-order valence-corrected chi connectivity index (χ1v) is 6.48. The minimum atomic E-state index is -0.301. The average molecular weight is 275 g/mol. The zero-order valence-electron chi connectivity index (χ0n) is 11.7. The van der Waals surface area contributed by atoms with Crippen molar-refractivity contribution in [2.24, 2.45) is 0 Å². The van der Waals surface area contributed by atoms with Crippen LogP contribution in [0.3, 0.4) is 0 Å². The van der Waals surface area contributed by atoms with Crippen molar-refractivity contribution in [1.29, 1.82) is 0 Å². The van der Waals surface area contributed by atoms with Gasteiger partial charge >= 0.3 is 6.01 Å². The van der Waals surface area contributed by atoms with Gasteiger partial charge in [-0.1, -0.05) is 12.0 Å². The smallest absolute Gasteiger partial charge is 0.322 e. The van der Waals surface area contributed by atoms with Gasteiger partial charge in [0.25, 0.3) is 5.91 Å². The zero-order chi connectivity index (χ0) is 14.5. The predicted octanol–water partition coefficient (Wildman–Crippen LogP) is 2.02. The molecule has 7 nitrogen and oxygen atoms in total. The van der Waals surface area contributed by atoms with Gasteiger partial charge in [-0.2, -0.15) is 0 Å². The molecule has 20 heavy (non-hydrogen) atoms. The summed E-state index contributed by atoms with van der Waals surface area (Å²) in [5, 5.41) is 13.1. The standard InChI is InChI=1S/C13H17N5O2/c1-4-10-6-9(7-11(15-10)14-5-2)12(19)16-13-18-17-8(3)20-13/h6-7H,4-5H2,1-3H3,(H,14,15)(H,16,18,19). The van der Waals surface area contributed by atoms with E-state index in [-0.39, 0.29) is 11.9 Å². The van der Waals surface area contributed by atoms with Crippen molar-refractivity contribution in [3.63, 3.8) is 0 Å². The van der Waals surface area contributed by atoms with Crippen molar-refractivity contribution in [3.05, 3.63) is 29.3 Å². The number of aromatic nitrogens is 3. The molecule has 2 rings (SSSR count). The lowest BCUT2D eigenvalue weighted by atomic mass is 10.2. The Bertz CT molecular complexity index is 609. The number of hydrogen-bond donors (Lipinski definition) is 2. The Hall–Kier alpha value is -2.44. The maximum absolute atomic E-state index is 12.2. The van der Waals surface area contributed by atoms with Crippen molar-refractivity contribution in [3.8, 4) is 0 Å². The number of pyridine rings is 1. The second-order valence-corrected chi connectivity index (χ2v) is 4.20. The van der Waals surface area contributed by atoms with Crippen molar-refractivity contribution >= 4 is 17.7 Å². The molecule has 0 atom stereocenters. The molecule has 2 N–H and O–H groups in total. The van der Waals surface area contributed by atoms with E-state index < -0.39 is 0 Å². The molecule has 7 heteroatoms. The van der Waals surface area contributed by atoms with E-state index in [4.69, 9.17) is 4.42 Å². The summed E-state index contributed by atoms with van der Waals surface area (Å²) in [5.41, 5.74) is 1.35. The van der Waals surface area contributed by atoms with Crippen LogP contribution in [0.15, 0.2) is 16.5 Å². The minimum Gasteiger partial charge on any atom is -0.408 e. The molecular formula is C13H17N5O2. The summed E-state index contributed by atoms with van der Waals surface area (Å²) in [6, 6.07) is 3.54. The second kappa shape index (κ2) is 6.14. The molecule has 0 fully saturated rings. The van der Waals surface area contributed by atoms with Gasteiger partial charge in [-0.15, -0.1) is 5.10 Å². The SMILES string of the molecule is CCNc1cc(C(=O)Nc2nnc(C)o2)cc(CC)n1. The van der Waals surface area contributed by atoms with E-state index in [1.165, 1.54) is 0 Å². The highest BCUT2D eigenvalue weighted by Gasteiger charge is 2.12. The normalized spacial score (nSPS) is 10.3. The molecule has 0 spiro atoms. The number of amides is 1. The number of rotatable bonds is 5. The molecule has 0 saturated heterocycles. The Morgan fingerprint density at radius 1 is 1.30 bits per heavy atom. The first-order valence-electron chi connectivity index (χ1n) is 6.48. The molecule has 106 valence electrons. The van der Waals surface area contributed by atoms with Gasteiger partial charge in [-0.25, -0.2) is 4.98 Å². The van der Waals surface area contributed by atoms with Crippen LogP contribution in [0.4, 0.5) is 11.8 Å². The maximum atomic E-state index is 12.2. The van der Waals surface area contributed by atoms with Crippen LogP contribution in [0.25, 0.3) is 0 Å². The number of carbonyl (C=O) groups excluding carboxylic acids is 1. The van der Waals surface area contributed by atoms with Gasteiger partial charge < -0.3 is 9.73 Å². The van der Waals surface area contributed by atoms with Gasteiger partial charge in [0.1, 0.15) is 5.82 Å². The van der Waals surface area contributed by atoms with E-state index in [9.17, 15) is 4.79 Å². The zero-order valence-corrected chi connectivity index (χ0v) is 11.7. The molecule has 0 unspecified atom stereocenters. The third kappa shape index (κ3) is 3.31. The van der Waals surface area contributed by atoms with Gasteiger partial charge in [0.2, 0.25) is 5.89 Å². The summed E-state index contributed by atoms with van der Waals surface area (Å²) < 4.78 is 5.12. The highest BCUT2D eigenvalue weighted by atomic mass is 16.4. The molecule has 2 aromatic rings. The van der Waals surface area contributed by atoms with Crippen LogP contribution in [-0.2, 0) is 6.42 Å². The predicted molar refractivity (Wildman–Crippen MR) is 74.8 cm³/mol. The molecular weight excluding hydrogens is 258 g/mol. The molecule has 0 saturated carbocycles. The Morgan fingerprint density at radius 2 is 2.10 bits per heavy atom. The van der Waals surface area contributed by atoms with Crippen LogP contribution >= 0.6 is 0 Å². The fourth-order valence-electron chi connectivity index (χ4n) is 1.69. The number of anilines is 2. The summed E-state index contributed by atoms with van der Waals surface area (Å²) in [6.07, 6.45) is 0.749. The highest BCUT2D eigenvalue weighted by molar-refractivity contribution is 6.03. The summed E-state index contributed by atoms with van der Waals surface area (Å²) in [5.74, 6) is 0.779. The molecule has 0 aliphatic rings. The minimum absolute atomic E-state index is 0.0901. The van der Waals surface area contributed by atoms with Crippen molar-refractivity contribution < 1.29 is 9.21 Å². The van der Waals surface area contributed by atoms with Crippen LogP contribution in [0.5, 0.6) is 0 Å². The topological polar surface area (TPSA) is 92.9 Å². The van der Waals surface area contributed by atoms with Crippen LogP contribution in [0, 0.1) is 6.92 Å². The fraction of sp³-hybridized carbons (Fsp3) is 0.385. The van der Waals surface area contributed by atoms with Gasteiger partial charge in [0.05, 0.1) is 0 Å². The number of hydrogen-bond acceptors (Lipinski definition) is 6. The number of carbonyl (C=O) groups is 1. The first-order chi connectivity index (χ1) is 9.62. The van der Waals surface area contributed by atoms with Crippen LogP contribution < -0.4 is 10.6 Å². The molecule has 1 amide bonds. The van der Waals surface area contributed by atoms with E-state index >= 15 is 0 Å². The van der Waals surface area contributed by atoms with Gasteiger partial charge in [-0.05, 0) is 25.5 Å². The van der Waals surface area contributed by atoms with Crippen molar-refractivity contribution in [2.45, 2.75) is 27.2 Å². The van der Waals surface area contributed by atoms with E-state index in [1.54, 1.807) is 19.1 Å². The largest absolute Gasteiger partial charge is 0.408 e. The summed E-state index contributed by atoms with van der Waals surface area (Å²) in [4.78, 5) is 16.5. The second-order valence-electron chi connectivity index (χ2n) is 4.20. The molecule has 0 radical (unpaired) electrons. The monoisotopic (exact) mass is 275 g/mol. The summed E-state index contributed by atoms with van der Waals surface area (Å²) in [6.45, 7) is 6.36. The van der Waals surface area contributed by atoms with Crippen LogP contribution in [0.1, 0.15) is 35.8 Å². The van der Waals surface area contributed by atoms with E-state index in [0.717, 1.165) is 18.7 Å². The lowest BCUT2D eigenvalue weighted by Gasteiger charge is -2.08. The Balaban J connectivity index is 2.21. The highest BCUT2D eigenvalue weighted by Crippen LogP contribution is 2.13. The van der Waals surface area contributed by atoms with Crippen molar-refractivity contribution in [1.82, 2.24) is 15.2 Å². The number of nitrogens with zero attached hydrogens (tertiary/aromatic N) is 3. The lowest BCUT2D eigenvalue weighted by molar-refractivity contribution is 0.102. The molecule has 0 aromatic carbocycles. The van der Waals surface area contributed by atoms with E-state index in [0.29, 0.717) is 17.3 Å². The number of aryl methyl sites for hydroxylation is 2. The Morgan fingerprint density at radius 3 is 2.70 bits per heavy atom. The molecule has 0 aliphatic heterocycles. The third-order valence-electron chi connectivity index (χ3n) is 2.61. The van der Waals surface area contributed by atoms with Crippen molar-refractivity contribution in [2.75, 3.05) is 17.2 Å². The van der Waals surface area contributed by atoms with E-state index in [2.05, 4.69) is 25.8 Å². The summed E-state index contributed by atoms with van der Waals surface area (Å²) >= 11 is 0. The molecule has 0 bridgehead atoms. The van der Waals surface area contributed by atoms with Crippen LogP contribution in [0.2, 0.25) is 0 Å². The molecule has 2 heterocycles. The lowest BCUT2D eigenvalue weighted by Crippen LogP contribution is -2.14. The van der Waals surface area contributed by atoms with Crippen LogP contribution in [-0.4, -0.2) is 27.6 Å². The summed E-state index contributed by atoms with van der Waals surface area (Å²) in [7, 11) is 0. The fourth-order valence-corrected chi connectivity index (χ4v) is 1.69. The number of nitrogens with one attached hydrogen (secondary N) is 2.